The van der Waals surface area contributed by atoms with Crippen molar-refractivity contribution >= 4 is 17.4 Å². The van der Waals surface area contributed by atoms with Gasteiger partial charge in [0.1, 0.15) is 16.3 Å². The minimum absolute atomic E-state index is 0.0962. The number of aromatic nitrogens is 2. The number of amides is 1. The van der Waals surface area contributed by atoms with Gasteiger partial charge in [-0.25, -0.2) is 9.78 Å². The molecule has 7 heteroatoms. The molecule has 0 saturated carbocycles. The summed E-state index contributed by atoms with van der Waals surface area (Å²) in [4.78, 5) is 18.0. The Morgan fingerprint density at radius 3 is 2.90 bits per heavy atom. The third-order valence-electron chi connectivity index (χ3n) is 3.16. The van der Waals surface area contributed by atoms with E-state index in [-0.39, 0.29) is 12.1 Å². The van der Waals surface area contributed by atoms with Crippen molar-refractivity contribution in [3.05, 3.63) is 23.4 Å². The number of ether oxygens (including phenoxy) is 1. The number of carbonyl (C=O) groups is 1. The first kappa shape index (κ1) is 14.1. The van der Waals surface area contributed by atoms with Crippen molar-refractivity contribution in [1.82, 2.24) is 15.0 Å². The molecule has 0 N–H and O–H groups in total. The van der Waals surface area contributed by atoms with Gasteiger partial charge in [-0.15, -0.1) is 11.3 Å². The SMILES string of the molecule is CC(C)(C)OC(=O)N1CCC1c1cc(-c2nccs2)no1. The van der Waals surface area contributed by atoms with Crippen molar-refractivity contribution in [2.45, 2.75) is 38.8 Å². The number of rotatable bonds is 2. The standard InChI is InChI=1S/C14H17N3O3S/c1-14(2,3)19-13(18)17-6-4-10(17)11-8-9(16-20-11)12-15-5-7-21-12/h5,7-8,10H,4,6H2,1-3H3. The molecule has 1 aliphatic heterocycles. The van der Waals surface area contributed by atoms with Gasteiger partial charge in [0.25, 0.3) is 0 Å². The van der Waals surface area contributed by atoms with Gasteiger partial charge in [-0.05, 0) is 27.2 Å². The third kappa shape index (κ3) is 2.92. The summed E-state index contributed by atoms with van der Waals surface area (Å²) in [6, 6.07) is 1.75. The molecule has 0 bridgehead atoms. The van der Waals surface area contributed by atoms with Crippen LogP contribution >= 0.6 is 11.3 Å². The van der Waals surface area contributed by atoms with Crippen LogP contribution in [-0.2, 0) is 4.74 Å². The molecular weight excluding hydrogens is 290 g/mol. The maximum Gasteiger partial charge on any atom is 0.410 e. The van der Waals surface area contributed by atoms with Crippen molar-refractivity contribution in [2.24, 2.45) is 0 Å². The molecule has 21 heavy (non-hydrogen) atoms. The van der Waals surface area contributed by atoms with E-state index in [0.717, 1.165) is 11.4 Å². The van der Waals surface area contributed by atoms with E-state index < -0.39 is 5.60 Å². The molecule has 1 aliphatic rings. The molecule has 112 valence electrons. The summed E-state index contributed by atoms with van der Waals surface area (Å²) in [5.74, 6) is 0.678. The average molecular weight is 307 g/mol. The molecule has 1 fully saturated rings. The molecule has 1 atom stereocenters. The summed E-state index contributed by atoms with van der Waals surface area (Å²) in [5.41, 5.74) is 0.209. The van der Waals surface area contributed by atoms with Crippen LogP contribution in [0, 0.1) is 0 Å². The zero-order valence-electron chi connectivity index (χ0n) is 12.2. The Balaban J connectivity index is 1.72. The van der Waals surface area contributed by atoms with Gasteiger partial charge < -0.3 is 9.26 Å². The molecule has 2 aromatic rings. The summed E-state index contributed by atoms with van der Waals surface area (Å²) in [5, 5.41) is 6.73. The summed E-state index contributed by atoms with van der Waals surface area (Å²) < 4.78 is 10.8. The first-order valence-corrected chi connectivity index (χ1v) is 7.68. The van der Waals surface area contributed by atoms with Gasteiger partial charge in [0.15, 0.2) is 5.76 Å². The summed E-state index contributed by atoms with van der Waals surface area (Å²) in [6.07, 6.45) is 2.27. The van der Waals surface area contributed by atoms with Gasteiger partial charge in [-0.2, -0.15) is 0 Å². The second-order valence-electron chi connectivity index (χ2n) is 5.93. The predicted octanol–water partition coefficient (Wildman–Crippen LogP) is 3.48. The fourth-order valence-electron chi connectivity index (χ4n) is 2.12. The Bertz CT molecular complexity index is 630. The van der Waals surface area contributed by atoms with Crippen LogP contribution in [0.25, 0.3) is 10.7 Å². The largest absolute Gasteiger partial charge is 0.444 e. The van der Waals surface area contributed by atoms with Crippen molar-refractivity contribution < 1.29 is 14.1 Å². The zero-order chi connectivity index (χ0) is 15.0. The van der Waals surface area contributed by atoms with E-state index in [2.05, 4.69) is 10.1 Å². The van der Waals surface area contributed by atoms with E-state index in [1.165, 1.54) is 11.3 Å². The van der Waals surface area contributed by atoms with Crippen LogP contribution in [0.2, 0.25) is 0 Å². The lowest BCUT2D eigenvalue weighted by molar-refractivity contribution is -0.0108. The number of likely N-dealkylation sites (tertiary alicyclic amines) is 1. The maximum absolute atomic E-state index is 12.1. The van der Waals surface area contributed by atoms with Crippen molar-refractivity contribution in [1.29, 1.82) is 0 Å². The average Bonchev–Trinajstić information content (AvgIpc) is 2.92. The van der Waals surface area contributed by atoms with Crippen molar-refractivity contribution in [2.75, 3.05) is 6.54 Å². The lowest BCUT2D eigenvalue weighted by Gasteiger charge is -2.39. The molecule has 1 saturated heterocycles. The minimum Gasteiger partial charge on any atom is -0.444 e. The lowest BCUT2D eigenvalue weighted by atomic mass is 10.0. The first-order chi connectivity index (χ1) is 9.94. The van der Waals surface area contributed by atoms with E-state index in [1.807, 2.05) is 32.2 Å². The van der Waals surface area contributed by atoms with Gasteiger partial charge in [0.05, 0.1) is 6.04 Å². The highest BCUT2D eigenvalue weighted by Gasteiger charge is 2.38. The second kappa shape index (κ2) is 5.14. The smallest absolute Gasteiger partial charge is 0.410 e. The number of hydrogen-bond donors (Lipinski definition) is 0. The van der Waals surface area contributed by atoms with Gasteiger partial charge in [0, 0.05) is 24.2 Å². The van der Waals surface area contributed by atoms with Crippen LogP contribution in [0.15, 0.2) is 22.2 Å². The topological polar surface area (TPSA) is 68.5 Å². The molecule has 1 amide bonds. The van der Waals surface area contributed by atoms with Crippen molar-refractivity contribution in [3.63, 3.8) is 0 Å². The number of thiazole rings is 1. The molecule has 0 aromatic carbocycles. The zero-order valence-corrected chi connectivity index (χ0v) is 13.0. The predicted molar refractivity (Wildman–Crippen MR) is 77.9 cm³/mol. The van der Waals surface area contributed by atoms with E-state index in [1.54, 1.807) is 11.1 Å². The van der Waals surface area contributed by atoms with Crippen LogP contribution in [-0.4, -0.2) is 33.3 Å². The Morgan fingerprint density at radius 1 is 1.52 bits per heavy atom. The fraction of sp³-hybridized carbons (Fsp3) is 0.500. The van der Waals surface area contributed by atoms with Crippen LogP contribution in [0.3, 0.4) is 0 Å². The molecular formula is C14H17N3O3S. The van der Waals surface area contributed by atoms with Crippen molar-refractivity contribution in [3.8, 4) is 10.7 Å². The maximum atomic E-state index is 12.1. The highest BCUT2D eigenvalue weighted by Crippen LogP contribution is 2.36. The first-order valence-electron chi connectivity index (χ1n) is 6.80. The monoisotopic (exact) mass is 307 g/mol. The third-order valence-corrected chi connectivity index (χ3v) is 3.95. The van der Waals surface area contributed by atoms with Crippen LogP contribution in [0.1, 0.15) is 39.0 Å². The van der Waals surface area contributed by atoms with E-state index in [0.29, 0.717) is 18.0 Å². The van der Waals surface area contributed by atoms with Gasteiger partial charge >= 0.3 is 6.09 Å². The highest BCUT2D eigenvalue weighted by atomic mass is 32.1. The molecule has 6 nitrogen and oxygen atoms in total. The Hall–Kier alpha value is -1.89. The molecule has 0 aliphatic carbocycles. The molecule has 0 spiro atoms. The quantitative estimate of drug-likeness (QED) is 0.849. The molecule has 3 heterocycles. The van der Waals surface area contributed by atoms with Gasteiger partial charge in [-0.3, -0.25) is 4.90 Å². The second-order valence-corrected chi connectivity index (χ2v) is 6.82. The minimum atomic E-state index is -0.495. The number of nitrogens with zero attached hydrogens (tertiary/aromatic N) is 3. The summed E-state index contributed by atoms with van der Waals surface area (Å²) in [7, 11) is 0. The molecule has 2 aromatic heterocycles. The Labute approximate surface area is 126 Å². The molecule has 3 rings (SSSR count). The molecule has 0 radical (unpaired) electrons. The fourth-order valence-corrected chi connectivity index (χ4v) is 2.71. The number of carbonyl (C=O) groups excluding carboxylic acids is 1. The lowest BCUT2D eigenvalue weighted by Crippen LogP contribution is -2.47. The van der Waals surface area contributed by atoms with Crippen LogP contribution in [0.5, 0.6) is 0 Å². The molecule has 1 unspecified atom stereocenters. The summed E-state index contributed by atoms with van der Waals surface area (Å²) >= 11 is 1.50. The van der Waals surface area contributed by atoms with E-state index >= 15 is 0 Å². The van der Waals surface area contributed by atoms with Gasteiger partial charge in [0.2, 0.25) is 0 Å². The summed E-state index contributed by atoms with van der Waals surface area (Å²) in [6.45, 7) is 6.24. The van der Waals surface area contributed by atoms with Crippen LogP contribution in [0.4, 0.5) is 4.79 Å². The van der Waals surface area contributed by atoms with Gasteiger partial charge in [-0.1, -0.05) is 5.16 Å². The Kier molecular flexibility index (Phi) is 3.44. The van der Waals surface area contributed by atoms with E-state index in [9.17, 15) is 4.79 Å². The van der Waals surface area contributed by atoms with E-state index in [4.69, 9.17) is 9.26 Å². The Morgan fingerprint density at radius 2 is 2.33 bits per heavy atom. The normalized spacial score (nSPS) is 18.4. The van der Waals surface area contributed by atoms with Crippen LogP contribution < -0.4 is 0 Å². The highest BCUT2D eigenvalue weighted by molar-refractivity contribution is 7.13. The number of hydrogen-bond acceptors (Lipinski definition) is 6.